The maximum atomic E-state index is 16.8. The van der Waals surface area contributed by atoms with Crippen LogP contribution in [0, 0.1) is 23.6 Å². The van der Waals surface area contributed by atoms with Crippen LogP contribution in [-0.2, 0) is 9.84 Å². The number of ether oxygens (including phenoxy) is 1. The fourth-order valence-corrected chi connectivity index (χ4v) is 8.76. The molecule has 4 aliphatic rings. The molecule has 2 bridgehead atoms. The van der Waals surface area contributed by atoms with E-state index < -0.39 is 15.7 Å². The first kappa shape index (κ1) is 29.4. The van der Waals surface area contributed by atoms with E-state index in [2.05, 4.69) is 26.0 Å². The minimum Gasteiger partial charge on any atom is -0.508 e. The van der Waals surface area contributed by atoms with Gasteiger partial charge in [0.1, 0.15) is 17.1 Å². The molecular formula is C35H36FN5O4S. The van der Waals surface area contributed by atoms with Crippen LogP contribution in [0.2, 0.25) is 0 Å². The molecular weight excluding hydrogens is 605 g/mol. The van der Waals surface area contributed by atoms with Crippen molar-refractivity contribution >= 4 is 37.3 Å². The van der Waals surface area contributed by atoms with Crippen LogP contribution >= 0.6 is 0 Å². The Morgan fingerprint density at radius 1 is 1.07 bits per heavy atom. The van der Waals surface area contributed by atoms with Crippen LogP contribution in [0.25, 0.3) is 32.8 Å². The van der Waals surface area contributed by atoms with Crippen molar-refractivity contribution in [2.45, 2.75) is 37.8 Å². The highest BCUT2D eigenvalue weighted by Gasteiger charge is 2.46. The number of benzene rings is 3. The van der Waals surface area contributed by atoms with Gasteiger partial charge in [-0.2, -0.15) is 9.97 Å². The Hall–Kier alpha value is -3.98. The van der Waals surface area contributed by atoms with Crippen LogP contribution in [0.3, 0.4) is 0 Å². The maximum Gasteiger partial charge on any atom is 0.319 e. The highest BCUT2D eigenvalue weighted by atomic mass is 32.2. The van der Waals surface area contributed by atoms with E-state index in [-0.39, 0.29) is 39.8 Å². The number of rotatable bonds is 7. The third-order valence-corrected chi connectivity index (χ3v) is 11.8. The third-order valence-electron chi connectivity index (χ3n) is 10.2. The summed E-state index contributed by atoms with van der Waals surface area (Å²) in [6.45, 7) is 3.71. The molecule has 2 atom stereocenters. The summed E-state index contributed by atoms with van der Waals surface area (Å²) >= 11 is 0. The summed E-state index contributed by atoms with van der Waals surface area (Å²) in [5.41, 5.74) is 1.44. The lowest BCUT2D eigenvalue weighted by Gasteiger charge is -2.34. The molecule has 238 valence electrons. The normalized spacial score (nSPS) is 23.4. The first-order chi connectivity index (χ1) is 22.2. The van der Waals surface area contributed by atoms with E-state index in [0.717, 1.165) is 50.7 Å². The van der Waals surface area contributed by atoms with Gasteiger partial charge in [-0.1, -0.05) is 24.1 Å². The lowest BCUT2D eigenvalue weighted by atomic mass is 9.93. The summed E-state index contributed by atoms with van der Waals surface area (Å²) < 4.78 is 47.0. The van der Waals surface area contributed by atoms with Gasteiger partial charge in [-0.25, -0.2) is 12.8 Å². The van der Waals surface area contributed by atoms with Crippen LogP contribution in [-0.4, -0.2) is 91.3 Å². The molecule has 46 heavy (non-hydrogen) atoms. The molecule has 1 saturated carbocycles. The average Bonchev–Trinajstić information content (AvgIpc) is 3.73. The summed E-state index contributed by atoms with van der Waals surface area (Å²) in [6.07, 6.45) is 9.96. The molecule has 3 aliphatic heterocycles. The SMILES string of the molecule is C#Cc1cccc2cc(O)cc(-c3ccc4c(N5CC6CCC(C5)N6)nc(OCC5(CN6CCS(=O)(=O)CC6)CC5)nc4c3F)c12. The number of aromatic hydroxyl groups is 1. The van der Waals surface area contributed by atoms with E-state index in [1.165, 1.54) is 0 Å². The number of phenols is 1. The average molecular weight is 642 g/mol. The lowest BCUT2D eigenvalue weighted by molar-refractivity contribution is 0.160. The predicted molar refractivity (Wildman–Crippen MR) is 176 cm³/mol. The van der Waals surface area contributed by atoms with E-state index in [0.29, 0.717) is 59.5 Å². The van der Waals surface area contributed by atoms with Gasteiger partial charge in [0.2, 0.25) is 0 Å². The molecule has 0 spiro atoms. The van der Waals surface area contributed by atoms with Gasteiger partial charge in [0, 0.05) is 72.1 Å². The van der Waals surface area contributed by atoms with Crippen LogP contribution < -0.4 is 15.0 Å². The number of nitrogens with zero attached hydrogens (tertiary/aromatic N) is 4. The number of terminal acetylenes is 1. The van der Waals surface area contributed by atoms with Gasteiger partial charge in [0.25, 0.3) is 0 Å². The van der Waals surface area contributed by atoms with Crippen LogP contribution in [0.1, 0.15) is 31.2 Å². The Balaban J connectivity index is 1.18. The molecule has 1 aromatic heterocycles. The minimum atomic E-state index is -2.95. The van der Waals surface area contributed by atoms with E-state index in [1.54, 1.807) is 18.2 Å². The number of fused-ring (bicyclic) bond motifs is 4. The molecule has 3 saturated heterocycles. The highest BCUT2D eigenvalue weighted by Crippen LogP contribution is 2.47. The van der Waals surface area contributed by atoms with Gasteiger partial charge < -0.3 is 25.0 Å². The van der Waals surface area contributed by atoms with Crippen LogP contribution in [0.15, 0.2) is 42.5 Å². The van der Waals surface area contributed by atoms with Gasteiger partial charge in [-0.05, 0) is 60.9 Å². The zero-order valence-corrected chi connectivity index (χ0v) is 26.3. The Kier molecular flexibility index (Phi) is 7.08. The standard InChI is InChI=1S/C35H36FN5O4S/c1-2-22-4-3-5-23-16-26(42)17-29(30(22)23)27-8-9-28-32(31(27)36)38-34(39-33(28)41-18-24-6-7-25(19-41)37-24)45-21-35(10-11-35)20-40-12-14-46(43,44)15-13-40/h1,3-5,8-9,16-17,24-25,37,42H,6-7,10-15,18-21H2. The number of hydrogen-bond donors (Lipinski definition) is 2. The van der Waals surface area contributed by atoms with Gasteiger partial charge in [-0.3, -0.25) is 0 Å². The summed E-state index contributed by atoms with van der Waals surface area (Å²) in [5.74, 6) is 3.22. The molecule has 0 amide bonds. The maximum absolute atomic E-state index is 16.8. The van der Waals surface area contributed by atoms with Crippen LogP contribution in [0.5, 0.6) is 11.8 Å². The Morgan fingerprint density at radius 3 is 2.54 bits per heavy atom. The first-order valence-corrected chi connectivity index (χ1v) is 17.8. The number of sulfone groups is 1. The highest BCUT2D eigenvalue weighted by molar-refractivity contribution is 7.91. The summed E-state index contributed by atoms with van der Waals surface area (Å²) in [7, 11) is -2.95. The fourth-order valence-electron chi connectivity index (χ4n) is 7.48. The molecule has 0 radical (unpaired) electrons. The van der Waals surface area contributed by atoms with Crippen molar-refractivity contribution in [3.8, 4) is 35.2 Å². The third kappa shape index (κ3) is 5.42. The second-order valence-electron chi connectivity index (χ2n) is 13.5. The summed E-state index contributed by atoms with van der Waals surface area (Å²) in [4.78, 5) is 14.0. The Bertz CT molecular complexity index is 2000. The smallest absolute Gasteiger partial charge is 0.319 e. The molecule has 4 aromatic rings. The van der Waals surface area contributed by atoms with Crippen molar-refractivity contribution in [3.63, 3.8) is 0 Å². The van der Waals surface area contributed by atoms with E-state index in [4.69, 9.17) is 16.1 Å². The number of halogens is 1. The van der Waals surface area contributed by atoms with Gasteiger partial charge >= 0.3 is 6.01 Å². The van der Waals surface area contributed by atoms with Crippen LogP contribution in [0.4, 0.5) is 10.2 Å². The second-order valence-corrected chi connectivity index (χ2v) is 15.8. The monoisotopic (exact) mass is 641 g/mol. The molecule has 2 N–H and O–H groups in total. The van der Waals surface area contributed by atoms with E-state index in [9.17, 15) is 13.5 Å². The molecule has 1 aliphatic carbocycles. The quantitative estimate of drug-likeness (QED) is 0.289. The number of piperazine rings is 1. The molecule has 2 unspecified atom stereocenters. The number of hydrogen-bond acceptors (Lipinski definition) is 9. The van der Waals surface area contributed by atoms with E-state index in [1.807, 2.05) is 24.3 Å². The number of phenolic OH excluding ortho intramolecular Hbond substituents is 1. The van der Waals surface area contributed by atoms with Crippen molar-refractivity contribution in [2.75, 3.05) is 55.7 Å². The predicted octanol–water partition coefficient (Wildman–Crippen LogP) is 4.11. The summed E-state index contributed by atoms with van der Waals surface area (Å²) in [6, 6.07) is 13.1. The van der Waals surface area contributed by atoms with E-state index >= 15 is 4.39 Å². The molecule has 8 rings (SSSR count). The van der Waals surface area contributed by atoms with Gasteiger partial charge in [-0.15, -0.1) is 6.42 Å². The topological polar surface area (TPSA) is 108 Å². The summed E-state index contributed by atoms with van der Waals surface area (Å²) in [5, 5.41) is 16.2. The van der Waals surface area contributed by atoms with Gasteiger partial charge in [0.15, 0.2) is 15.7 Å². The fraction of sp³-hybridized carbons (Fsp3) is 0.429. The van der Waals surface area contributed by atoms with Crippen molar-refractivity contribution in [2.24, 2.45) is 5.41 Å². The van der Waals surface area contributed by atoms with Gasteiger partial charge in [0.05, 0.1) is 18.1 Å². The largest absolute Gasteiger partial charge is 0.508 e. The molecule has 4 fully saturated rings. The van der Waals surface area contributed by atoms with Crippen molar-refractivity contribution < 1.29 is 22.7 Å². The molecule has 4 heterocycles. The van der Waals surface area contributed by atoms with Crippen molar-refractivity contribution in [1.82, 2.24) is 20.2 Å². The molecule has 3 aromatic carbocycles. The Morgan fingerprint density at radius 2 is 1.83 bits per heavy atom. The number of nitrogens with one attached hydrogen (secondary N) is 1. The molecule has 9 nitrogen and oxygen atoms in total. The Labute approximate surface area is 267 Å². The minimum absolute atomic E-state index is 0.0147. The first-order valence-electron chi connectivity index (χ1n) is 16.0. The van der Waals surface area contributed by atoms with Crippen molar-refractivity contribution in [3.05, 3.63) is 53.8 Å². The second kappa shape index (κ2) is 11.1. The zero-order chi connectivity index (χ0) is 31.6. The zero-order valence-electron chi connectivity index (χ0n) is 25.5. The molecule has 11 heteroatoms. The number of anilines is 1. The van der Waals surface area contributed by atoms with Crippen molar-refractivity contribution in [1.29, 1.82) is 0 Å². The lowest BCUT2D eigenvalue weighted by Crippen LogP contribution is -2.51. The number of aromatic nitrogens is 2.